The van der Waals surface area contributed by atoms with Gasteiger partial charge in [0.25, 0.3) is 0 Å². The number of alkyl halides is 1. The van der Waals surface area contributed by atoms with Crippen LogP contribution in [0.2, 0.25) is 0 Å². The number of fused-ring (bicyclic) bond motifs is 2. The Bertz CT molecular complexity index is 329. The van der Waals surface area contributed by atoms with E-state index in [9.17, 15) is 4.79 Å². The van der Waals surface area contributed by atoms with Gasteiger partial charge >= 0.3 is 0 Å². The highest BCUT2D eigenvalue weighted by Gasteiger charge is 2.41. The summed E-state index contributed by atoms with van der Waals surface area (Å²) in [5.74, 6) is 3.61. The van der Waals surface area contributed by atoms with Gasteiger partial charge in [0, 0.05) is 24.9 Å². The molecule has 0 heterocycles. The fraction of sp³-hybridized carbons (Fsp3) is 0.938. The van der Waals surface area contributed by atoms with Crippen LogP contribution in [-0.2, 0) is 4.79 Å². The van der Waals surface area contributed by atoms with Crippen molar-refractivity contribution >= 4 is 17.5 Å². The molecule has 2 bridgehead atoms. The third-order valence-electron chi connectivity index (χ3n) is 5.69. The van der Waals surface area contributed by atoms with Gasteiger partial charge in [0.05, 0.1) is 0 Å². The lowest BCUT2D eigenvalue weighted by molar-refractivity contribution is -0.136. The quantitative estimate of drug-likeness (QED) is 0.679. The first-order valence-electron chi connectivity index (χ1n) is 8.13. The van der Waals surface area contributed by atoms with Gasteiger partial charge in [-0.15, -0.1) is 11.6 Å². The Morgan fingerprint density at radius 3 is 2.53 bits per heavy atom. The molecule has 0 N–H and O–H groups in total. The maximum absolute atomic E-state index is 12.6. The van der Waals surface area contributed by atoms with Crippen LogP contribution in [0.25, 0.3) is 0 Å². The summed E-state index contributed by atoms with van der Waals surface area (Å²) in [4.78, 5) is 14.8. The van der Waals surface area contributed by atoms with E-state index in [1.165, 1.54) is 44.9 Å². The third kappa shape index (κ3) is 2.94. The van der Waals surface area contributed by atoms with Crippen LogP contribution in [0.3, 0.4) is 0 Å². The van der Waals surface area contributed by atoms with Crippen molar-refractivity contribution in [2.24, 2.45) is 17.8 Å². The standard InChI is InChI=1S/C16H26ClNO/c17-7-2-8-18(15-3-1-4-15)16(19)11-14-10-12-5-6-13(14)9-12/h12-15H,1-11H2. The minimum atomic E-state index is 0.423. The summed E-state index contributed by atoms with van der Waals surface area (Å²) in [6.45, 7) is 0.883. The van der Waals surface area contributed by atoms with Crippen molar-refractivity contribution in [1.82, 2.24) is 4.90 Å². The summed E-state index contributed by atoms with van der Waals surface area (Å²) in [5.41, 5.74) is 0. The molecule has 19 heavy (non-hydrogen) atoms. The van der Waals surface area contributed by atoms with Crippen molar-refractivity contribution in [2.75, 3.05) is 12.4 Å². The van der Waals surface area contributed by atoms with Crippen LogP contribution < -0.4 is 0 Å². The predicted octanol–water partition coefficient (Wildman–Crippen LogP) is 3.82. The smallest absolute Gasteiger partial charge is 0.223 e. The lowest BCUT2D eigenvalue weighted by atomic mass is 9.85. The number of rotatable bonds is 6. The predicted molar refractivity (Wildman–Crippen MR) is 78.2 cm³/mol. The molecule has 3 atom stereocenters. The average Bonchev–Trinajstić information content (AvgIpc) is 2.93. The molecule has 3 aliphatic carbocycles. The summed E-state index contributed by atoms with van der Waals surface area (Å²) < 4.78 is 0. The van der Waals surface area contributed by atoms with Gasteiger partial charge in [0.1, 0.15) is 0 Å². The topological polar surface area (TPSA) is 20.3 Å². The van der Waals surface area contributed by atoms with Crippen molar-refractivity contribution in [3.05, 3.63) is 0 Å². The van der Waals surface area contributed by atoms with Crippen molar-refractivity contribution in [2.45, 2.75) is 63.8 Å². The van der Waals surface area contributed by atoms with Gasteiger partial charge in [0.2, 0.25) is 5.91 Å². The van der Waals surface area contributed by atoms with Gasteiger partial charge in [-0.3, -0.25) is 4.79 Å². The van der Waals surface area contributed by atoms with Crippen LogP contribution in [0.1, 0.15) is 57.8 Å². The number of hydrogen-bond donors (Lipinski definition) is 0. The monoisotopic (exact) mass is 283 g/mol. The molecule has 0 spiro atoms. The van der Waals surface area contributed by atoms with Crippen LogP contribution in [0.4, 0.5) is 0 Å². The van der Waals surface area contributed by atoms with Crippen molar-refractivity contribution in [3.8, 4) is 0 Å². The second-order valence-electron chi connectivity index (χ2n) is 6.85. The van der Waals surface area contributed by atoms with Gasteiger partial charge in [-0.2, -0.15) is 0 Å². The van der Waals surface area contributed by atoms with Gasteiger partial charge in [0.15, 0.2) is 0 Å². The number of hydrogen-bond acceptors (Lipinski definition) is 1. The Morgan fingerprint density at radius 2 is 2.00 bits per heavy atom. The van der Waals surface area contributed by atoms with E-state index in [0.717, 1.165) is 31.2 Å². The molecule has 1 amide bonds. The summed E-state index contributed by atoms with van der Waals surface area (Å²) in [7, 11) is 0. The molecule has 0 radical (unpaired) electrons. The SMILES string of the molecule is O=C(CC1CC2CCC1C2)N(CCCCl)C1CCC1. The average molecular weight is 284 g/mol. The Morgan fingerprint density at radius 1 is 1.16 bits per heavy atom. The molecule has 2 nitrogen and oxygen atoms in total. The second-order valence-corrected chi connectivity index (χ2v) is 7.23. The number of halogens is 1. The Labute approximate surface area is 121 Å². The molecule has 3 heteroatoms. The van der Waals surface area contributed by atoms with E-state index < -0.39 is 0 Å². The molecule has 0 aliphatic heterocycles. The maximum atomic E-state index is 12.6. The molecule has 0 aromatic heterocycles. The zero-order valence-corrected chi connectivity index (χ0v) is 12.6. The maximum Gasteiger partial charge on any atom is 0.223 e. The van der Waals surface area contributed by atoms with E-state index in [1.54, 1.807) is 0 Å². The lowest BCUT2D eigenvalue weighted by Gasteiger charge is -2.38. The van der Waals surface area contributed by atoms with Crippen LogP contribution in [0.15, 0.2) is 0 Å². The molecule has 108 valence electrons. The molecule has 3 aliphatic rings. The Balaban J connectivity index is 1.54. The Hall–Kier alpha value is -0.240. The van der Waals surface area contributed by atoms with Crippen LogP contribution in [-0.4, -0.2) is 29.3 Å². The zero-order chi connectivity index (χ0) is 13.2. The number of nitrogens with zero attached hydrogens (tertiary/aromatic N) is 1. The lowest BCUT2D eigenvalue weighted by Crippen LogP contribution is -2.45. The molecule has 0 aromatic carbocycles. The largest absolute Gasteiger partial charge is 0.340 e. The highest BCUT2D eigenvalue weighted by atomic mass is 35.5. The van der Waals surface area contributed by atoms with Crippen LogP contribution in [0.5, 0.6) is 0 Å². The van der Waals surface area contributed by atoms with E-state index in [4.69, 9.17) is 11.6 Å². The van der Waals surface area contributed by atoms with Gasteiger partial charge in [-0.1, -0.05) is 6.42 Å². The van der Waals surface area contributed by atoms with Crippen molar-refractivity contribution in [3.63, 3.8) is 0 Å². The van der Waals surface area contributed by atoms with Crippen molar-refractivity contribution in [1.29, 1.82) is 0 Å². The fourth-order valence-electron chi connectivity index (χ4n) is 4.41. The first-order chi connectivity index (χ1) is 9.28. The van der Waals surface area contributed by atoms with Crippen LogP contribution >= 0.6 is 11.6 Å². The Kier molecular flexibility index (Phi) is 4.36. The second kappa shape index (κ2) is 6.03. The summed E-state index contributed by atoms with van der Waals surface area (Å²) >= 11 is 5.80. The molecular formula is C16H26ClNO. The van der Waals surface area contributed by atoms with E-state index >= 15 is 0 Å². The first-order valence-corrected chi connectivity index (χ1v) is 8.67. The minimum Gasteiger partial charge on any atom is -0.340 e. The van der Waals surface area contributed by atoms with Gasteiger partial charge in [-0.05, 0) is 62.7 Å². The summed E-state index contributed by atoms with van der Waals surface area (Å²) in [6.07, 6.45) is 11.0. The molecular weight excluding hydrogens is 258 g/mol. The molecule has 3 unspecified atom stereocenters. The van der Waals surface area contributed by atoms with Gasteiger partial charge in [-0.25, -0.2) is 0 Å². The summed E-state index contributed by atoms with van der Waals surface area (Å²) in [6, 6.07) is 0.536. The van der Waals surface area contributed by atoms with E-state index in [1.807, 2.05) is 0 Å². The van der Waals surface area contributed by atoms with E-state index in [0.29, 0.717) is 23.7 Å². The fourth-order valence-corrected chi connectivity index (χ4v) is 4.53. The van der Waals surface area contributed by atoms with E-state index in [-0.39, 0.29) is 0 Å². The zero-order valence-electron chi connectivity index (χ0n) is 11.8. The van der Waals surface area contributed by atoms with E-state index in [2.05, 4.69) is 4.90 Å². The molecule has 0 saturated heterocycles. The normalized spacial score (nSPS) is 33.4. The molecule has 3 saturated carbocycles. The third-order valence-corrected chi connectivity index (χ3v) is 5.96. The molecule has 3 rings (SSSR count). The van der Waals surface area contributed by atoms with Crippen LogP contribution in [0, 0.1) is 17.8 Å². The number of carbonyl (C=O) groups is 1. The summed E-state index contributed by atoms with van der Waals surface area (Å²) in [5, 5.41) is 0. The highest BCUT2D eigenvalue weighted by Crippen LogP contribution is 2.49. The van der Waals surface area contributed by atoms with Gasteiger partial charge < -0.3 is 4.90 Å². The minimum absolute atomic E-state index is 0.423. The first kappa shape index (κ1) is 13.7. The molecule has 0 aromatic rings. The van der Waals surface area contributed by atoms with Crippen molar-refractivity contribution < 1.29 is 4.79 Å². The number of amides is 1. The molecule has 3 fully saturated rings. The number of carbonyl (C=O) groups excluding carboxylic acids is 1. The highest BCUT2D eigenvalue weighted by molar-refractivity contribution is 6.17.